The monoisotopic (exact) mass is 221 g/mol. The van der Waals surface area contributed by atoms with Gasteiger partial charge >= 0.3 is 0 Å². The van der Waals surface area contributed by atoms with E-state index in [2.05, 4.69) is 23.2 Å². The van der Waals surface area contributed by atoms with Crippen molar-refractivity contribution >= 4 is 22.7 Å². The summed E-state index contributed by atoms with van der Waals surface area (Å²) in [6.45, 7) is 3.64. The first-order valence-corrected chi connectivity index (χ1v) is 5.96. The second-order valence-corrected chi connectivity index (χ2v) is 5.34. The zero-order valence-electron chi connectivity index (χ0n) is 8.95. The summed E-state index contributed by atoms with van der Waals surface area (Å²) in [6.07, 6.45) is 0. The Morgan fingerprint density at radius 2 is 2.07 bits per heavy atom. The minimum atomic E-state index is -0.623. The Balaban J connectivity index is 2.16. The number of H-pyrrole nitrogens is 1. The van der Waals surface area contributed by atoms with E-state index in [9.17, 15) is 5.11 Å². The Kier molecular flexibility index (Phi) is 2.76. The van der Waals surface area contributed by atoms with E-state index in [-0.39, 0.29) is 0 Å². The number of nitrogens with one attached hydrogen (secondary N) is 1. The van der Waals surface area contributed by atoms with Crippen molar-refractivity contribution in [2.45, 2.75) is 24.5 Å². The maximum Gasteiger partial charge on any atom is 0.0733 e. The van der Waals surface area contributed by atoms with Crippen molar-refractivity contribution in [1.29, 1.82) is 0 Å². The van der Waals surface area contributed by atoms with Gasteiger partial charge < -0.3 is 10.1 Å². The van der Waals surface area contributed by atoms with Crippen LogP contribution in [0.5, 0.6) is 0 Å². The van der Waals surface area contributed by atoms with Gasteiger partial charge in [0.25, 0.3) is 0 Å². The molecule has 3 heteroatoms. The fourth-order valence-corrected chi connectivity index (χ4v) is 2.28. The van der Waals surface area contributed by atoms with Gasteiger partial charge in [0.05, 0.1) is 10.6 Å². The van der Waals surface area contributed by atoms with Gasteiger partial charge in [-0.15, -0.1) is 11.8 Å². The van der Waals surface area contributed by atoms with Crippen molar-refractivity contribution in [3.05, 3.63) is 30.3 Å². The van der Waals surface area contributed by atoms with Crippen LogP contribution in [0.4, 0.5) is 0 Å². The van der Waals surface area contributed by atoms with E-state index < -0.39 is 5.60 Å². The number of hydrogen-bond acceptors (Lipinski definition) is 2. The van der Waals surface area contributed by atoms with Gasteiger partial charge in [-0.3, -0.25) is 0 Å². The lowest BCUT2D eigenvalue weighted by Gasteiger charge is -2.15. The van der Waals surface area contributed by atoms with Gasteiger partial charge in [0.15, 0.2) is 0 Å². The van der Waals surface area contributed by atoms with Crippen LogP contribution in [0.15, 0.2) is 35.4 Å². The van der Waals surface area contributed by atoms with Crippen LogP contribution in [0.1, 0.15) is 13.8 Å². The Morgan fingerprint density at radius 3 is 2.73 bits per heavy atom. The van der Waals surface area contributed by atoms with Gasteiger partial charge in [0, 0.05) is 16.7 Å². The van der Waals surface area contributed by atoms with Crippen LogP contribution in [-0.4, -0.2) is 21.4 Å². The lowest BCUT2D eigenvalue weighted by atomic mass is 10.2. The summed E-state index contributed by atoms with van der Waals surface area (Å²) in [6, 6.07) is 10.3. The van der Waals surface area contributed by atoms with E-state index in [0.717, 1.165) is 10.5 Å². The second kappa shape index (κ2) is 3.91. The summed E-state index contributed by atoms with van der Waals surface area (Å²) in [5.74, 6) is 0.694. The molecule has 0 unspecified atom stereocenters. The molecule has 2 aromatic rings. The zero-order valence-corrected chi connectivity index (χ0v) is 9.77. The number of aromatic nitrogens is 1. The molecule has 0 bridgehead atoms. The van der Waals surface area contributed by atoms with Crippen LogP contribution in [0.3, 0.4) is 0 Å². The van der Waals surface area contributed by atoms with E-state index in [1.165, 1.54) is 5.39 Å². The molecule has 1 aromatic heterocycles. The number of aliphatic hydroxyl groups is 1. The molecule has 0 saturated heterocycles. The lowest BCUT2D eigenvalue weighted by Crippen LogP contribution is -2.21. The second-order valence-electron chi connectivity index (χ2n) is 4.32. The standard InChI is InChI=1S/C12H15NOS/c1-12(2,14)8-15-11-7-9-5-3-4-6-10(9)13-11/h3-7,13-14H,8H2,1-2H3. The molecule has 1 aromatic carbocycles. The van der Waals surface area contributed by atoms with Crippen LogP contribution in [0, 0.1) is 0 Å². The molecule has 0 atom stereocenters. The molecule has 0 fully saturated rings. The fraction of sp³-hybridized carbons (Fsp3) is 0.333. The molecule has 2 N–H and O–H groups in total. The Bertz CT molecular complexity index is 423. The number of benzene rings is 1. The molecular weight excluding hydrogens is 206 g/mol. The Morgan fingerprint density at radius 1 is 1.33 bits per heavy atom. The first-order valence-electron chi connectivity index (χ1n) is 4.97. The van der Waals surface area contributed by atoms with Gasteiger partial charge in [-0.2, -0.15) is 0 Å². The predicted octanol–water partition coefficient (Wildman–Crippen LogP) is 3.03. The molecule has 0 aliphatic heterocycles. The number of rotatable bonds is 3. The van der Waals surface area contributed by atoms with Crippen molar-refractivity contribution in [3.8, 4) is 0 Å². The SMILES string of the molecule is CC(C)(O)CSc1cc2ccccc2[nH]1. The van der Waals surface area contributed by atoms with Gasteiger partial charge in [-0.25, -0.2) is 0 Å². The smallest absolute Gasteiger partial charge is 0.0733 e. The first kappa shape index (κ1) is 10.6. The molecule has 2 rings (SSSR count). The summed E-state index contributed by atoms with van der Waals surface area (Å²) in [5, 5.41) is 11.9. The van der Waals surface area contributed by atoms with Crippen molar-refractivity contribution in [2.24, 2.45) is 0 Å². The number of hydrogen-bond donors (Lipinski definition) is 2. The molecule has 1 heterocycles. The van der Waals surface area contributed by atoms with Gasteiger partial charge in [0.2, 0.25) is 0 Å². The highest BCUT2D eigenvalue weighted by molar-refractivity contribution is 7.99. The first-order chi connectivity index (χ1) is 7.04. The van der Waals surface area contributed by atoms with Crippen molar-refractivity contribution in [3.63, 3.8) is 0 Å². The normalized spacial score (nSPS) is 12.2. The van der Waals surface area contributed by atoms with Crippen molar-refractivity contribution in [1.82, 2.24) is 4.98 Å². The largest absolute Gasteiger partial charge is 0.390 e. The maximum absolute atomic E-state index is 9.62. The summed E-state index contributed by atoms with van der Waals surface area (Å²) in [4.78, 5) is 3.32. The van der Waals surface area contributed by atoms with Gasteiger partial charge in [0.1, 0.15) is 0 Å². The van der Waals surface area contributed by atoms with E-state index in [1.54, 1.807) is 11.8 Å². The molecule has 0 amide bonds. The topological polar surface area (TPSA) is 36.0 Å². The highest BCUT2D eigenvalue weighted by atomic mass is 32.2. The minimum Gasteiger partial charge on any atom is -0.390 e. The van der Waals surface area contributed by atoms with Crippen LogP contribution >= 0.6 is 11.8 Å². The molecule has 15 heavy (non-hydrogen) atoms. The third-order valence-electron chi connectivity index (χ3n) is 2.09. The number of thioether (sulfide) groups is 1. The van der Waals surface area contributed by atoms with Crippen molar-refractivity contribution < 1.29 is 5.11 Å². The summed E-state index contributed by atoms with van der Waals surface area (Å²) in [7, 11) is 0. The van der Waals surface area contributed by atoms with Crippen LogP contribution < -0.4 is 0 Å². The van der Waals surface area contributed by atoms with Gasteiger partial charge in [-0.05, 0) is 26.0 Å². The number of para-hydroxylation sites is 1. The fourth-order valence-electron chi connectivity index (χ4n) is 1.38. The lowest BCUT2D eigenvalue weighted by molar-refractivity contribution is 0.107. The highest BCUT2D eigenvalue weighted by Gasteiger charge is 2.13. The predicted molar refractivity (Wildman–Crippen MR) is 65.3 cm³/mol. The van der Waals surface area contributed by atoms with Crippen molar-refractivity contribution in [2.75, 3.05) is 5.75 Å². The summed E-state index contributed by atoms with van der Waals surface area (Å²) in [5.41, 5.74) is 0.526. The van der Waals surface area contributed by atoms with Crippen LogP contribution in [-0.2, 0) is 0 Å². The molecule has 0 saturated carbocycles. The Labute approximate surface area is 93.7 Å². The molecule has 0 radical (unpaired) electrons. The average molecular weight is 221 g/mol. The molecule has 80 valence electrons. The third kappa shape index (κ3) is 2.76. The molecule has 0 spiro atoms. The molecule has 2 nitrogen and oxygen atoms in total. The summed E-state index contributed by atoms with van der Waals surface area (Å²) < 4.78 is 0. The van der Waals surface area contributed by atoms with E-state index >= 15 is 0 Å². The quantitative estimate of drug-likeness (QED) is 0.781. The third-order valence-corrected chi connectivity index (χ3v) is 3.47. The maximum atomic E-state index is 9.62. The number of fused-ring (bicyclic) bond motifs is 1. The Hall–Kier alpha value is -0.930. The van der Waals surface area contributed by atoms with E-state index in [0.29, 0.717) is 5.75 Å². The average Bonchev–Trinajstić information content (AvgIpc) is 2.56. The van der Waals surface area contributed by atoms with Crippen LogP contribution in [0.2, 0.25) is 0 Å². The highest BCUT2D eigenvalue weighted by Crippen LogP contribution is 2.25. The van der Waals surface area contributed by atoms with Gasteiger partial charge in [-0.1, -0.05) is 18.2 Å². The summed E-state index contributed by atoms with van der Waals surface area (Å²) >= 11 is 1.65. The number of aromatic amines is 1. The minimum absolute atomic E-state index is 0.623. The zero-order chi connectivity index (χ0) is 10.9. The van der Waals surface area contributed by atoms with Crippen LogP contribution in [0.25, 0.3) is 10.9 Å². The molecule has 0 aliphatic rings. The van der Waals surface area contributed by atoms with E-state index in [1.807, 2.05) is 26.0 Å². The molecular formula is C12H15NOS. The van der Waals surface area contributed by atoms with E-state index in [4.69, 9.17) is 0 Å². The molecule has 0 aliphatic carbocycles.